The van der Waals surface area contributed by atoms with E-state index in [1.54, 1.807) is 11.3 Å². The van der Waals surface area contributed by atoms with Crippen LogP contribution < -0.4 is 10.6 Å². The quantitative estimate of drug-likeness (QED) is 0.839. The Bertz CT molecular complexity index is 542. The molecule has 23 heavy (non-hydrogen) atoms. The molecule has 2 unspecified atom stereocenters. The van der Waals surface area contributed by atoms with E-state index in [0.29, 0.717) is 12.6 Å². The molecule has 128 valence electrons. The zero-order valence-corrected chi connectivity index (χ0v) is 14.9. The van der Waals surface area contributed by atoms with Crippen molar-refractivity contribution in [2.24, 2.45) is 5.92 Å². The second kappa shape index (κ2) is 7.62. The summed E-state index contributed by atoms with van der Waals surface area (Å²) >= 11 is 1.74. The molecule has 1 saturated carbocycles. The van der Waals surface area contributed by atoms with Crippen LogP contribution in [0.15, 0.2) is 0 Å². The van der Waals surface area contributed by atoms with E-state index in [1.807, 2.05) is 0 Å². The minimum absolute atomic E-state index is 0.0598. The van der Waals surface area contributed by atoms with Crippen molar-refractivity contribution in [1.29, 1.82) is 0 Å². The second-order valence-electron chi connectivity index (χ2n) is 6.58. The van der Waals surface area contributed by atoms with Crippen LogP contribution in [0.5, 0.6) is 0 Å². The van der Waals surface area contributed by atoms with E-state index in [-0.39, 0.29) is 12.1 Å². The van der Waals surface area contributed by atoms with Gasteiger partial charge in [-0.05, 0) is 44.9 Å². The molecule has 0 bridgehead atoms. The number of urea groups is 1. The summed E-state index contributed by atoms with van der Waals surface area (Å²) < 4.78 is 5.80. The molecule has 2 amide bonds. The lowest BCUT2D eigenvalue weighted by molar-refractivity contribution is -0.00913. The Morgan fingerprint density at radius 3 is 2.91 bits per heavy atom. The maximum atomic E-state index is 12.0. The smallest absolute Gasteiger partial charge is 0.315 e. The third-order valence-electron chi connectivity index (χ3n) is 4.69. The van der Waals surface area contributed by atoms with Crippen LogP contribution in [0, 0.1) is 12.8 Å². The number of nitrogens with zero attached hydrogens (tertiary/aromatic N) is 1. The third-order valence-corrected chi connectivity index (χ3v) is 5.77. The van der Waals surface area contributed by atoms with E-state index in [4.69, 9.17) is 4.74 Å². The van der Waals surface area contributed by atoms with Crippen LogP contribution in [0.1, 0.15) is 48.2 Å². The van der Waals surface area contributed by atoms with Crippen molar-refractivity contribution in [3.05, 3.63) is 15.6 Å². The van der Waals surface area contributed by atoms with Crippen LogP contribution in [0.25, 0.3) is 0 Å². The van der Waals surface area contributed by atoms with E-state index in [9.17, 15) is 4.79 Å². The largest absolute Gasteiger partial charge is 0.378 e. The highest BCUT2D eigenvalue weighted by atomic mass is 32.1. The molecule has 0 spiro atoms. The SMILES string of the molecule is CCc1nc(CCNC(=O)NC2CCOC(C3CC3)C2)sc1C. The number of hydrogen-bond donors (Lipinski definition) is 2. The van der Waals surface area contributed by atoms with Crippen LogP contribution in [-0.2, 0) is 17.6 Å². The first-order valence-corrected chi connectivity index (χ1v) is 9.58. The Morgan fingerprint density at radius 2 is 2.22 bits per heavy atom. The summed E-state index contributed by atoms with van der Waals surface area (Å²) in [6.07, 6.45) is 6.60. The molecule has 6 heteroatoms. The van der Waals surface area contributed by atoms with Gasteiger partial charge in [-0.3, -0.25) is 0 Å². The van der Waals surface area contributed by atoms with Gasteiger partial charge in [0.1, 0.15) is 0 Å². The highest BCUT2D eigenvalue weighted by Gasteiger charge is 2.36. The Labute approximate surface area is 142 Å². The molecule has 3 rings (SSSR count). The minimum atomic E-state index is -0.0598. The molecule has 2 fully saturated rings. The summed E-state index contributed by atoms with van der Waals surface area (Å²) in [5.41, 5.74) is 1.18. The lowest BCUT2D eigenvalue weighted by Gasteiger charge is -2.30. The molecular weight excluding hydrogens is 310 g/mol. The van der Waals surface area contributed by atoms with Crippen molar-refractivity contribution in [3.63, 3.8) is 0 Å². The molecule has 2 aliphatic rings. The normalized spacial score (nSPS) is 24.4. The van der Waals surface area contributed by atoms with Crippen molar-refractivity contribution < 1.29 is 9.53 Å². The number of thiazole rings is 1. The van der Waals surface area contributed by atoms with Crippen molar-refractivity contribution in [2.75, 3.05) is 13.2 Å². The number of carbonyl (C=O) groups is 1. The molecule has 1 aromatic heterocycles. The molecule has 2 N–H and O–H groups in total. The summed E-state index contributed by atoms with van der Waals surface area (Å²) in [6, 6.07) is 0.193. The molecule has 0 aromatic carbocycles. The van der Waals surface area contributed by atoms with E-state index >= 15 is 0 Å². The first-order chi connectivity index (χ1) is 11.2. The molecule has 5 nitrogen and oxygen atoms in total. The van der Waals surface area contributed by atoms with Gasteiger partial charge < -0.3 is 15.4 Å². The first-order valence-electron chi connectivity index (χ1n) is 8.76. The number of aromatic nitrogens is 1. The fraction of sp³-hybridized carbons (Fsp3) is 0.765. The predicted molar refractivity (Wildman–Crippen MR) is 92.0 cm³/mol. The summed E-state index contributed by atoms with van der Waals surface area (Å²) in [5.74, 6) is 0.739. The van der Waals surface area contributed by atoms with E-state index in [1.165, 1.54) is 23.4 Å². The average Bonchev–Trinajstić information content (AvgIpc) is 3.32. The third kappa shape index (κ3) is 4.67. The van der Waals surface area contributed by atoms with Gasteiger partial charge in [-0.1, -0.05) is 6.92 Å². The van der Waals surface area contributed by atoms with Gasteiger partial charge in [0.25, 0.3) is 0 Å². The van der Waals surface area contributed by atoms with Crippen LogP contribution >= 0.6 is 11.3 Å². The van der Waals surface area contributed by atoms with E-state index < -0.39 is 0 Å². The van der Waals surface area contributed by atoms with Gasteiger partial charge >= 0.3 is 6.03 Å². The lowest BCUT2D eigenvalue weighted by atomic mass is 10.0. The Balaban J connectivity index is 1.37. The summed E-state index contributed by atoms with van der Waals surface area (Å²) in [7, 11) is 0. The Hall–Kier alpha value is -1.14. The highest BCUT2D eigenvalue weighted by Crippen LogP contribution is 2.38. The highest BCUT2D eigenvalue weighted by molar-refractivity contribution is 7.11. The molecule has 1 saturated heterocycles. The molecule has 1 aliphatic carbocycles. The van der Waals surface area contributed by atoms with Crippen LogP contribution in [-0.4, -0.2) is 36.3 Å². The van der Waals surface area contributed by atoms with E-state index in [2.05, 4.69) is 29.5 Å². The number of amides is 2. The fourth-order valence-corrected chi connectivity index (χ4v) is 4.22. The van der Waals surface area contributed by atoms with Gasteiger partial charge in [0.05, 0.1) is 16.8 Å². The topological polar surface area (TPSA) is 63.2 Å². The van der Waals surface area contributed by atoms with Crippen LogP contribution in [0.3, 0.4) is 0 Å². The molecule has 2 atom stereocenters. The number of nitrogens with one attached hydrogen (secondary N) is 2. The molecule has 1 aliphatic heterocycles. The van der Waals surface area contributed by atoms with Gasteiger partial charge in [0, 0.05) is 30.5 Å². The number of ether oxygens (including phenoxy) is 1. The maximum Gasteiger partial charge on any atom is 0.315 e. The second-order valence-corrected chi connectivity index (χ2v) is 7.87. The average molecular weight is 337 g/mol. The van der Waals surface area contributed by atoms with Crippen LogP contribution in [0.2, 0.25) is 0 Å². The standard InChI is InChI=1S/C17H27N3O2S/c1-3-14-11(2)23-16(20-14)6-8-18-17(21)19-13-7-9-22-15(10-13)12-4-5-12/h12-13,15H,3-10H2,1-2H3,(H2,18,19,21). The Morgan fingerprint density at radius 1 is 1.39 bits per heavy atom. The van der Waals surface area contributed by atoms with Crippen molar-refractivity contribution in [3.8, 4) is 0 Å². The Kier molecular flexibility index (Phi) is 5.54. The van der Waals surface area contributed by atoms with Gasteiger partial charge in [0.15, 0.2) is 0 Å². The summed E-state index contributed by atoms with van der Waals surface area (Å²) in [6.45, 7) is 5.64. The van der Waals surface area contributed by atoms with Crippen LogP contribution in [0.4, 0.5) is 4.79 Å². The zero-order chi connectivity index (χ0) is 16.2. The number of rotatable bonds is 6. The minimum Gasteiger partial charge on any atom is -0.378 e. The van der Waals surface area contributed by atoms with Gasteiger partial charge in [-0.2, -0.15) is 0 Å². The summed E-state index contributed by atoms with van der Waals surface area (Å²) in [4.78, 5) is 17.9. The number of hydrogen-bond acceptors (Lipinski definition) is 4. The summed E-state index contributed by atoms with van der Waals surface area (Å²) in [5, 5.41) is 7.17. The molecule has 0 radical (unpaired) electrons. The van der Waals surface area contributed by atoms with Gasteiger partial charge in [-0.15, -0.1) is 11.3 Å². The van der Waals surface area contributed by atoms with Gasteiger partial charge in [-0.25, -0.2) is 9.78 Å². The number of carbonyl (C=O) groups excluding carboxylic acids is 1. The van der Waals surface area contributed by atoms with Crippen molar-refractivity contribution in [2.45, 2.75) is 64.5 Å². The first kappa shape index (κ1) is 16.7. The van der Waals surface area contributed by atoms with Gasteiger partial charge in [0.2, 0.25) is 0 Å². The van der Waals surface area contributed by atoms with E-state index in [0.717, 1.165) is 43.2 Å². The lowest BCUT2D eigenvalue weighted by Crippen LogP contribution is -2.47. The zero-order valence-electron chi connectivity index (χ0n) is 14.1. The molecular formula is C17H27N3O2S. The number of aryl methyl sites for hydroxylation is 2. The van der Waals surface area contributed by atoms with Crippen molar-refractivity contribution in [1.82, 2.24) is 15.6 Å². The maximum absolute atomic E-state index is 12.0. The predicted octanol–water partition coefficient (Wildman–Crippen LogP) is 2.81. The fourth-order valence-electron chi connectivity index (χ4n) is 3.20. The molecule has 2 heterocycles. The monoisotopic (exact) mass is 337 g/mol. The van der Waals surface area contributed by atoms with Crippen molar-refractivity contribution >= 4 is 17.4 Å². The molecule has 1 aromatic rings.